The smallest absolute Gasteiger partial charge is 0.343 e. The van der Waals surface area contributed by atoms with Crippen molar-refractivity contribution >= 4 is 0 Å². The maximum absolute atomic E-state index is 8.47. The lowest BCUT2D eigenvalue weighted by Gasteiger charge is -2.13. The van der Waals surface area contributed by atoms with Gasteiger partial charge in [-0.15, -0.1) is 0 Å². The van der Waals surface area contributed by atoms with Crippen LogP contribution in [0.4, 0.5) is 0 Å². The average molecular weight is 116 g/mol. The Morgan fingerprint density at radius 1 is 1.38 bits per heavy atom. The summed E-state index contributed by atoms with van der Waals surface area (Å²) in [5, 5.41) is 16.9. The van der Waals surface area contributed by atoms with Crippen LogP contribution in [-0.4, -0.2) is 16.2 Å². The van der Waals surface area contributed by atoms with Crippen LogP contribution in [-0.2, 0) is 4.74 Å². The van der Waals surface area contributed by atoms with Crippen LogP contribution in [0.5, 0.6) is 0 Å². The molecule has 0 rings (SSSR count). The van der Waals surface area contributed by atoms with Crippen molar-refractivity contribution in [2.45, 2.75) is 5.97 Å². The molecule has 0 heterocycles. The van der Waals surface area contributed by atoms with Gasteiger partial charge in [0.05, 0.1) is 6.26 Å². The molecule has 0 fully saturated rings. The topological polar surface area (TPSA) is 49.7 Å². The summed E-state index contributed by atoms with van der Waals surface area (Å²) in [4.78, 5) is 0. The third kappa shape index (κ3) is 2.39. The van der Waals surface area contributed by atoms with Gasteiger partial charge in [-0.25, -0.2) is 0 Å². The first-order chi connectivity index (χ1) is 3.62. The summed E-state index contributed by atoms with van der Waals surface area (Å²) in [5.41, 5.74) is 0. The van der Waals surface area contributed by atoms with Crippen LogP contribution in [0.3, 0.4) is 0 Å². The molecule has 0 bridgehead atoms. The number of ether oxygens (including phenoxy) is 1. The van der Waals surface area contributed by atoms with Crippen LogP contribution in [0.15, 0.2) is 25.5 Å². The van der Waals surface area contributed by atoms with Gasteiger partial charge in [0, 0.05) is 6.08 Å². The Labute approximate surface area is 47.5 Å². The fourth-order valence-corrected chi connectivity index (χ4v) is 0.171. The van der Waals surface area contributed by atoms with Crippen molar-refractivity contribution in [2.24, 2.45) is 0 Å². The van der Waals surface area contributed by atoms with E-state index in [0.717, 1.165) is 12.3 Å². The zero-order chi connectivity index (χ0) is 6.62. The molecule has 0 aliphatic carbocycles. The Morgan fingerprint density at radius 3 is 2.00 bits per heavy atom. The monoisotopic (exact) mass is 116 g/mol. The summed E-state index contributed by atoms with van der Waals surface area (Å²) >= 11 is 0. The van der Waals surface area contributed by atoms with Crippen molar-refractivity contribution < 1.29 is 14.9 Å². The molecule has 2 N–H and O–H groups in total. The lowest BCUT2D eigenvalue weighted by Crippen LogP contribution is -2.25. The summed E-state index contributed by atoms with van der Waals surface area (Å²) in [6, 6.07) is 0. The van der Waals surface area contributed by atoms with Crippen LogP contribution in [0, 0.1) is 0 Å². The van der Waals surface area contributed by atoms with E-state index < -0.39 is 5.97 Å². The minimum absolute atomic E-state index is 0.842. The normalized spacial score (nSPS) is 10.2. The van der Waals surface area contributed by atoms with E-state index in [9.17, 15) is 0 Å². The summed E-state index contributed by atoms with van der Waals surface area (Å²) in [6.45, 7) is 6.18. The predicted molar refractivity (Wildman–Crippen MR) is 28.6 cm³/mol. The predicted octanol–water partition coefficient (Wildman–Crippen LogP) is -0.0291. The van der Waals surface area contributed by atoms with Gasteiger partial charge < -0.3 is 14.9 Å². The van der Waals surface area contributed by atoms with Gasteiger partial charge in [-0.3, -0.25) is 0 Å². The van der Waals surface area contributed by atoms with E-state index in [2.05, 4.69) is 17.9 Å². The zero-order valence-electron chi connectivity index (χ0n) is 4.37. The molecule has 0 amide bonds. The minimum Gasteiger partial charge on any atom is -0.445 e. The molecule has 0 aliphatic heterocycles. The lowest BCUT2D eigenvalue weighted by atomic mass is 10.5. The van der Waals surface area contributed by atoms with E-state index in [1.807, 2.05) is 0 Å². The average Bonchev–Trinajstić information content (AvgIpc) is 1.67. The molecule has 0 unspecified atom stereocenters. The maximum atomic E-state index is 8.47. The summed E-state index contributed by atoms with van der Waals surface area (Å²) in [5.74, 6) is -2.26. The van der Waals surface area contributed by atoms with E-state index in [1.165, 1.54) is 0 Å². The summed E-state index contributed by atoms with van der Waals surface area (Å²) in [6.07, 6.45) is 1.76. The second-order valence-corrected chi connectivity index (χ2v) is 1.15. The Balaban J connectivity index is 3.70. The zero-order valence-corrected chi connectivity index (χ0v) is 4.37. The Hall–Kier alpha value is -0.800. The van der Waals surface area contributed by atoms with Gasteiger partial charge in [0.1, 0.15) is 0 Å². The van der Waals surface area contributed by atoms with Crippen molar-refractivity contribution in [1.29, 1.82) is 0 Å². The Kier molecular flexibility index (Phi) is 2.24. The quantitative estimate of drug-likeness (QED) is 0.309. The van der Waals surface area contributed by atoms with Crippen LogP contribution < -0.4 is 0 Å². The highest BCUT2D eigenvalue weighted by Crippen LogP contribution is 2.00. The molecule has 3 heteroatoms. The number of rotatable bonds is 3. The Morgan fingerprint density at radius 2 is 1.88 bits per heavy atom. The molecule has 0 aromatic carbocycles. The third-order valence-corrected chi connectivity index (χ3v) is 0.523. The van der Waals surface area contributed by atoms with Crippen molar-refractivity contribution in [1.82, 2.24) is 0 Å². The lowest BCUT2D eigenvalue weighted by molar-refractivity contribution is -0.276. The highest BCUT2D eigenvalue weighted by molar-refractivity contribution is 4.78. The van der Waals surface area contributed by atoms with Gasteiger partial charge in [-0.1, -0.05) is 13.2 Å². The molecule has 0 aliphatic rings. The Bertz CT molecular complexity index is 95.8. The van der Waals surface area contributed by atoms with E-state index in [1.54, 1.807) is 0 Å². The standard InChI is InChI=1S/C5H8O3/c1-3-5(6,7)8-4-2/h3-4,6-7H,1-2H2. The fourth-order valence-electron chi connectivity index (χ4n) is 0.171. The molecular weight excluding hydrogens is 108 g/mol. The molecule has 46 valence electrons. The highest BCUT2D eigenvalue weighted by atomic mass is 16.8. The molecule has 0 aromatic heterocycles. The number of hydrogen-bond acceptors (Lipinski definition) is 3. The molecule has 3 nitrogen and oxygen atoms in total. The molecule has 0 saturated carbocycles. The molecule has 0 aromatic rings. The summed E-state index contributed by atoms with van der Waals surface area (Å²) < 4.78 is 4.14. The molecule has 0 saturated heterocycles. The van der Waals surface area contributed by atoms with Gasteiger partial charge >= 0.3 is 5.97 Å². The second kappa shape index (κ2) is 2.49. The molecule has 0 radical (unpaired) electrons. The first kappa shape index (κ1) is 7.20. The van der Waals surface area contributed by atoms with Crippen LogP contribution in [0.1, 0.15) is 0 Å². The van der Waals surface area contributed by atoms with Gasteiger partial charge in [0.25, 0.3) is 0 Å². The third-order valence-electron chi connectivity index (χ3n) is 0.523. The van der Waals surface area contributed by atoms with Crippen LogP contribution in [0.25, 0.3) is 0 Å². The van der Waals surface area contributed by atoms with E-state index in [4.69, 9.17) is 10.2 Å². The van der Waals surface area contributed by atoms with Crippen molar-refractivity contribution in [3.63, 3.8) is 0 Å². The first-order valence-corrected chi connectivity index (χ1v) is 1.99. The molecule has 0 spiro atoms. The van der Waals surface area contributed by atoms with Gasteiger partial charge in [-0.2, -0.15) is 0 Å². The van der Waals surface area contributed by atoms with Gasteiger partial charge in [-0.05, 0) is 0 Å². The first-order valence-electron chi connectivity index (χ1n) is 1.99. The van der Waals surface area contributed by atoms with Crippen LogP contribution in [0.2, 0.25) is 0 Å². The maximum Gasteiger partial charge on any atom is 0.343 e. The van der Waals surface area contributed by atoms with E-state index in [-0.39, 0.29) is 0 Å². The molecule has 8 heavy (non-hydrogen) atoms. The summed E-state index contributed by atoms with van der Waals surface area (Å²) in [7, 11) is 0. The molecule has 0 atom stereocenters. The minimum atomic E-state index is -2.26. The van der Waals surface area contributed by atoms with Gasteiger partial charge in [0.2, 0.25) is 0 Å². The fraction of sp³-hybridized carbons (Fsp3) is 0.200. The number of aliphatic hydroxyl groups is 2. The second-order valence-electron chi connectivity index (χ2n) is 1.15. The van der Waals surface area contributed by atoms with E-state index in [0.29, 0.717) is 0 Å². The van der Waals surface area contributed by atoms with E-state index >= 15 is 0 Å². The van der Waals surface area contributed by atoms with Gasteiger partial charge in [0.15, 0.2) is 0 Å². The van der Waals surface area contributed by atoms with Crippen molar-refractivity contribution in [3.05, 3.63) is 25.5 Å². The molecular formula is C5H8O3. The van der Waals surface area contributed by atoms with Crippen LogP contribution >= 0.6 is 0 Å². The highest BCUT2D eigenvalue weighted by Gasteiger charge is 2.16. The van der Waals surface area contributed by atoms with Crippen molar-refractivity contribution in [2.75, 3.05) is 0 Å². The SMILES string of the molecule is C=COC(O)(O)C=C. The largest absolute Gasteiger partial charge is 0.445 e. The number of hydrogen-bond donors (Lipinski definition) is 2. The van der Waals surface area contributed by atoms with Crippen molar-refractivity contribution in [3.8, 4) is 0 Å².